The van der Waals surface area contributed by atoms with Crippen LogP contribution in [0.4, 0.5) is 0 Å². The van der Waals surface area contributed by atoms with Crippen molar-refractivity contribution in [2.45, 2.75) is 192 Å². The van der Waals surface area contributed by atoms with Gasteiger partial charge in [0.1, 0.15) is 78.7 Å². The number of carbonyl (C=O) groups excluding carboxylic acids is 9. The number of benzene rings is 4. The number of hydrogen-bond acceptors (Lipinski definition) is 19. The average molecular weight is 1470 g/mol. The van der Waals surface area contributed by atoms with Gasteiger partial charge in [0.2, 0.25) is 57.3 Å². The summed E-state index contributed by atoms with van der Waals surface area (Å²) >= 11 is 0. The number of aliphatic carboxylic acids is 1. The molecule has 2 saturated heterocycles. The largest absolute Gasteiger partial charge is 0.490 e. The molecule has 7 heterocycles. The molecule has 7 aliphatic rings. The highest BCUT2D eigenvalue weighted by atomic mass is 32.2. The monoisotopic (exact) mass is 1470 g/mol. The number of fused-ring (bicyclic) bond motifs is 1. The lowest BCUT2D eigenvalue weighted by molar-refractivity contribution is -0.145. The van der Waals surface area contributed by atoms with Crippen molar-refractivity contribution in [3.63, 3.8) is 0 Å². The molecule has 30 nitrogen and oxygen atoms in total. The number of carbonyl (C=O) groups is 10. The average Bonchev–Trinajstić information content (AvgIpc) is 1.68. The lowest BCUT2D eigenvalue weighted by Gasteiger charge is -2.36. The zero-order valence-corrected chi connectivity index (χ0v) is 61.9. The molecular weight excluding hydrogens is 1370 g/mol. The fourth-order valence-corrected chi connectivity index (χ4v) is 13.9. The van der Waals surface area contributed by atoms with Crippen LogP contribution in [0.1, 0.15) is 116 Å². The Bertz CT molecular complexity index is 4140. The summed E-state index contributed by atoms with van der Waals surface area (Å²) in [5.74, 6) is -6.88. The predicted molar refractivity (Wildman–Crippen MR) is 387 cm³/mol. The maximum absolute atomic E-state index is 15.2. The van der Waals surface area contributed by atoms with Gasteiger partial charge in [-0.2, -0.15) is 0 Å². The Hall–Kier alpha value is -9.85. The van der Waals surface area contributed by atoms with E-state index in [1.54, 1.807) is 136 Å². The summed E-state index contributed by atoms with van der Waals surface area (Å²) in [4.78, 5) is 145. The molecule has 10 bridgehead atoms. The summed E-state index contributed by atoms with van der Waals surface area (Å²) in [6.45, 7) is 15.0. The first-order chi connectivity index (χ1) is 49.7. The third kappa shape index (κ3) is 21.0. The Labute approximate surface area is 611 Å². The Balaban J connectivity index is 1.02. The predicted octanol–water partition coefficient (Wildman–Crippen LogP) is 2.04. The number of likely N-dealkylation sites (tertiary alicyclic amines) is 2. The van der Waals surface area contributed by atoms with E-state index < -0.39 is 158 Å². The minimum Gasteiger partial charge on any atom is -0.490 e. The summed E-state index contributed by atoms with van der Waals surface area (Å²) in [5, 5.41) is 42.8. The minimum atomic E-state index is -4.11. The van der Waals surface area contributed by atoms with Crippen LogP contribution >= 0.6 is 0 Å². The quantitative estimate of drug-likeness (QED) is 0.0711. The highest BCUT2D eigenvalue weighted by Gasteiger charge is 2.49. The van der Waals surface area contributed by atoms with Gasteiger partial charge in [-0.25, -0.2) is 17.9 Å². The lowest BCUT2D eigenvalue weighted by atomic mass is 9.85. The summed E-state index contributed by atoms with van der Waals surface area (Å²) in [5.41, 5.74) is 0.196. The van der Waals surface area contributed by atoms with Gasteiger partial charge in [-0.3, -0.25) is 47.9 Å². The molecule has 4 aromatic carbocycles. The van der Waals surface area contributed by atoms with E-state index in [2.05, 4.69) is 57.6 Å². The summed E-state index contributed by atoms with van der Waals surface area (Å²) in [6.07, 6.45) is 4.36. The lowest BCUT2D eigenvalue weighted by Crippen LogP contribution is -2.60. The highest BCUT2D eigenvalue weighted by Crippen LogP contribution is 2.33. The second kappa shape index (κ2) is 34.4. The van der Waals surface area contributed by atoms with Gasteiger partial charge < -0.3 is 71.7 Å². The van der Waals surface area contributed by atoms with Gasteiger partial charge in [0.25, 0.3) is 5.91 Å². The van der Waals surface area contributed by atoms with Crippen LogP contribution in [0.15, 0.2) is 109 Å². The van der Waals surface area contributed by atoms with Crippen molar-refractivity contribution in [3.05, 3.63) is 132 Å². The molecule has 1 aliphatic carbocycles. The van der Waals surface area contributed by atoms with Crippen molar-refractivity contribution < 1.29 is 75.7 Å². The van der Waals surface area contributed by atoms with Crippen molar-refractivity contribution in [2.24, 2.45) is 10.8 Å². The molecule has 12 atom stereocenters. The number of likely N-dealkylation sites (N-methyl/N-ethyl adjacent to an activating group) is 2. The standard InChI is InChI=1S/C74H98N14O16S/c1-42(75-10)63(89)81-61(73(4,5)6)70(96)86-39-51-36-59(86)69(95)79-56(35-47-18-23-48-16-12-13-17-49(48)32-47)66(92)80-58(72(98)99)34-46-19-24-52(25-20-46)102-30-14-15-31-103-54-37-60(87(40-54)71(97)62(74(7,8)9)82-64(90)43(2)76-11)68(94)77-44(3)65(91)78-57(67(93)84-105(100,101)55-28-29-55)33-45-21-26-53(27-22-45)104-41-50-38-88(51)85-83-50/h12-27,32,38,42-44,51,54-62,75-76H,28-31,33-37,39-41H2,1-11H3,(H,77,94)(H,78,91)(H,79,95)(H,80,92)(H,81,89)(H,82,90)(H,84,93)(H,98,99)/b15-14+/t42-,43-,44-,51-,54?,56-,57-,58-,59-,60?,61+,62+/m0/s1. The van der Waals surface area contributed by atoms with Gasteiger partial charge in [0.05, 0.1) is 42.3 Å². The number of sulfonamides is 1. The van der Waals surface area contributed by atoms with Crippen LogP contribution < -0.4 is 56.7 Å². The molecule has 0 spiro atoms. The van der Waals surface area contributed by atoms with Gasteiger partial charge in [-0.15, -0.1) is 5.10 Å². The fraction of sp³-hybridized carbons (Fsp3) is 0.514. The van der Waals surface area contributed by atoms with E-state index in [0.29, 0.717) is 46.7 Å². The molecule has 12 rings (SSSR count). The molecule has 0 radical (unpaired) electrons. The van der Waals surface area contributed by atoms with Gasteiger partial charge >= 0.3 is 5.97 Å². The van der Waals surface area contributed by atoms with Gasteiger partial charge in [0, 0.05) is 45.2 Å². The number of carboxylic acids is 1. The summed E-state index contributed by atoms with van der Waals surface area (Å²) in [7, 11) is -0.905. The van der Waals surface area contributed by atoms with Crippen LogP contribution in [0, 0.1) is 10.8 Å². The zero-order chi connectivity index (χ0) is 76.2. The number of nitrogens with one attached hydrogen (secondary N) is 9. The van der Waals surface area contributed by atoms with Crippen LogP contribution in [-0.2, 0) is 88.6 Å². The van der Waals surface area contributed by atoms with Crippen molar-refractivity contribution in [1.29, 1.82) is 0 Å². The first kappa shape index (κ1) is 79.3. The third-order valence-electron chi connectivity index (χ3n) is 19.2. The highest BCUT2D eigenvalue weighted by molar-refractivity contribution is 7.91. The number of amides is 9. The molecule has 10 N–H and O–H groups in total. The second-order valence-corrected chi connectivity index (χ2v) is 31.5. The Morgan fingerprint density at radius 2 is 1.19 bits per heavy atom. The van der Waals surface area contributed by atoms with Gasteiger partial charge in [-0.1, -0.05) is 120 Å². The minimum absolute atomic E-state index is 0.00460. The number of hydrogen-bond donors (Lipinski definition) is 10. The molecule has 566 valence electrons. The normalized spacial score (nSPS) is 23.6. The van der Waals surface area contributed by atoms with Crippen LogP contribution in [0.25, 0.3) is 10.8 Å². The molecule has 1 saturated carbocycles. The molecule has 3 fully saturated rings. The number of nitrogens with zero attached hydrogens (tertiary/aromatic N) is 5. The molecule has 2 unspecified atom stereocenters. The Kier molecular flexibility index (Phi) is 26.0. The molecular formula is C74H98N14O16S. The molecule has 5 aromatic rings. The second-order valence-electron chi connectivity index (χ2n) is 29.5. The molecule has 105 heavy (non-hydrogen) atoms. The van der Waals surface area contributed by atoms with E-state index in [1.807, 2.05) is 42.5 Å². The van der Waals surface area contributed by atoms with Crippen molar-refractivity contribution in [3.8, 4) is 11.5 Å². The molecule has 31 heteroatoms. The number of carboxylic acid groups (broad SMARTS) is 1. The molecule has 6 aliphatic heterocycles. The maximum Gasteiger partial charge on any atom is 0.326 e. The number of ether oxygens (including phenoxy) is 3. The van der Waals surface area contributed by atoms with Crippen molar-refractivity contribution in [2.75, 3.05) is 40.4 Å². The van der Waals surface area contributed by atoms with E-state index in [9.17, 15) is 51.9 Å². The van der Waals surface area contributed by atoms with Crippen LogP contribution in [0.5, 0.6) is 11.5 Å². The maximum atomic E-state index is 15.2. The topological polar surface area (TPSA) is 398 Å². The van der Waals surface area contributed by atoms with Crippen molar-refractivity contribution in [1.82, 2.24) is 72.1 Å². The Morgan fingerprint density at radius 1 is 0.648 bits per heavy atom. The summed E-state index contributed by atoms with van der Waals surface area (Å²) in [6, 6.07) is 13.5. The van der Waals surface area contributed by atoms with E-state index >= 15 is 9.59 Å². The van der Waals surface area contributed by atoms with E-state index in [4.69, 9.17) is 14.2 Å². The van der Waals surface area contributed by atoms with E-state index in [-0.39, 0.29) is 65.0 Å². The molecule has 9 amide bonds. The van der Waals surface area contributed by atoms with Crippen LogP contribution in [0.2, 0.25) is 0 Å². The first-order valence-electron chi connectivity index (χ1n) is 35.3. The van der Waals surface area contributed by atoms with Gasteiger partial charge in [0.15, 0.2) is 0 Å². The third-order valence-corrected chi connectivity index (χ3v) is 21.1. The van der Waals surface area contributed by atoms with Crippen LogP contribution in [-0.4, -0.2) is 210 Å². The number of aromatic nitrogens is 3. The SMILES string of the molecule is CN[C@@H](C)C(=O)N[C@H](C(=O)N1CC2CC1C(=O)N[C@@H](C)C(=O)N[C@H](C(=O)NS(=O)(=O)C1CC1)Cc1ccc(cc1)OCc1cn(nn1)[C@H]1C[C@@H](C(=O)N[C@@H](Cc3ccc4ccccc4c3)C(=O)N[C@H](C(=O)O)Cc3ccc(cc3)OC/C=C/CO2)N(C(=O)[C@@H](NC(=O)[C@H](C)NC)C(C)(C)C)C1)C(C)(C)C. The first-order valence-corrected chi connectivity index (χ1v) is 36.9. The smallest absolute Gasteiger partial charge is 0.326 e. The van der Waals surface area contributed by atoms with E-state index in [0.717, 1.165) is 10.8 Å². The fourth-order valence-electron chi connectivity index (χ4n) is 12.5. The summed E-state index contributed by atoms with van der Waals surface area (Å²) < 4.78 is 48.3. The molecule has 1 aromatic heterocycles. The number of rotatable bonds is 14. The van der Waals surface area contributed by atoms with Crippen LogP contribution in [0.3, 0.4) is 0 Å². The Morgan fingerprint density at radius 3 is 1.77 bits per heavy atom. The van der Waals surface area contributed by atoms with Crippen molar-refractivity contribution >= 4 is 79.9 Å². The van der Waals surface area contributed by atoms with E-state index in [1.165, 1.54) is 21.4 Å². The van der Waals surface area contributed by atoms with Gasteiger partial charge in [-0.05, 0) is 116 Å². The zero-order valence-electron chi connectivity index (χ0n) is 61.1.